The summed E-state index contributed by atoms with van der Waals surface area (Å²) < 4.78 is 0. The molecular formula is C6H18N2Si. The highest BCUT2D eigenvalue weighted by molar-refractivity contribution is 6.35. The normalized spacial score (nSPS) is 11.3. The van der Waals surface area contributed by atoms with E-state index in [1.54, 1.807) is 0 Å². The van der Waals surface area contributed by atoms with Crippen LogP contribution < -0.4 is 0 Å². The van der Waals surface area contributed by atoms with Gasteiger partial charge >= 0.3 is 0 Å². The number of nitrogens with zero attached hydrogens (tertiary/aromatic N) is 2. The van der Waals surface area contributed by atoms with E-state index in [-0.39, 0.29) is 9.52 Å². The standard InChI is InChI=1S/C6H18N2Si/c1-7(2)5-9-6-8(3)4/h5-6,9H2,1-4H3. The third-order valence-electron chi connectivity index (χ3n) is 1.21. The van der Waals surface area contributed by atoms with Crippen LogP contribution in [0.1, 0.15) is 0 Å². The smallest absolute Gasteiger partial charge is 0.0532 e. The molecule has 0 aromatic rings. The summed E-state index contributed by atoms with van der Waals surface area (Å²) in [7, 11) is 8.73. The molecule has 0 aromatic heterocycles. The lowest BCUT2D eigenvalue weighted by molar-refractivity contribution is 0.452. The lowest BCUT2D eigenvalue weighted by atomic mass is 11.0. The molecule has 0 atom stereocenters. The molecule has 0 N–H and O–H groups in total. The Morgan fingerprint density at radius 2 is 1.22 bits per heavy atom. The summed E-state index contributed by atoms with van der Waals surface area (Å²) in [6, 6.07) is 0. The zero-order chi connectivity index (χ0) is 7.28. The van der Waals surface area contributed by atoms with E-state index in [2.05, 4.69) is 38.0 Å². The van der Waals surface area contributed by atoms with Gasteiger partial charge in [-0.3, -0.25) is 0 Å². The van der Waals surface area contributed by atoms with Gasteiger partial charge in [-0.25, -0.2) is 0 Å². The second-order valence-corrected chi connectivity index (χ2v) is 4.56. The maximum absolute atomic E-state index is 2.27. The van der Waals surface area contributed by atoms with Gasteiger partial charge in [-0.15, -0.1) is 0 Å². The monoisotopic (exact) mass is 146 g/mol. The molecule has 56 valence electrons. The van der Waals surface area contributed by atoms with Crippen molar-refractivity contribution in [3.8, 4) is 0 Å². The minimum atomic E-state index is 0.168. The predicted molar refractivity (Wildman–Crippen MR) is 45.7 cm³/mol. The third-order valence-corrected chi connectivity index (χ3v) is 3.63. The van der Waals surface area contributed by atoms with Gasteiger partial charge in [-0.1, -0.05) is 0 Å². The zero-order valence-corrected chi connectivity index (χ0v) is 8.43. The Hall–Kier alpha value is 0.137. The first-order valence-corrected chi connectivity index (χ1v) is 5.42. The van der Waals surface area contributed by atoms with Gasteiger partial charge in [-0.05, 0) is 40.5 Å². The summed E-state index contributed by atoms with van der Waals surface area (Å²) in [6.45, 7) is 0. The highest BCUT2D eigenvalue weighted by atomic mass is 28.2. The van der Waals surface area contributed by atoms with E-state index in [1.807, 2.05) is 0 Å². The second-order valence-electron chi connectivity index (χ2n) is 2.96. The molecule has 0 rings (SSSR count). The molecule has 0 amide bonds. The van der Waals surface area contributed by atoms with Crippen LogP contribution in [0.25, 0.3) is 0 Å². The van der Waals surface area contributed by atoms with Crippen LogP contribution >= 0.6 is 0 Å². The van der Waals surface area contributed by atoms with E-state index < -0.39 is 0 Å². The molecule has 0 unspecified atom stereocenters. The lowest BCUT2D eigenvalue weighted by Crippen LogP contribution is -2.27. The quantitative estimate of drug-likeness (QED) is 0.479. The van der Waals surface area contributed by atoms with E-state index in [0.29, 0.717) is 0 Å². The number of hydrogen-bond acceptors (Lipinski definition) is 2. The van der Waals surface area contributed by atoms with E-state index in [0.717, 1.165) is 0 Å². The Balaban J connectivity index is 2.91. The van der Waals surface area contributed by atoms with Crippen molar-refractivity contribution in [2.45, 2.75) is 0 Å². The summed E-state index contributed by atoms with van der Waals surface area (Å²) in [6.07, 6.45) is 2.66. The average molecular weight is 146 g/mol. The fraction of sp³-hybridized carbons (Fsp3) is 1.00. The first kappa shape index (κ1) is 9.14. The topological polar surface area (TPSA) is 6.48 Å². The molecule has 0 bridgehead atoms. The molecular weight excluding hydrogens is 128 g/mol. The molecule has 3 heteroatoms. The molecule has 0 aromatic carbocycles. The van der Waals surface area contributed by atoms with Crippen LogP contribution in [-0.2, 0) is 0 Å². The Morgan fingerprint density at radius 1 is 0.889 bits per heavy atom. The van der Waals surface area contributed by atoms with E-state index in [4.69, 9.17) is 0 Å². The van der Waals surface area contributed by atoms with Gasteiger partial charge in [0.1, 0.15) is 0 Å². The zero-order valence-electron chi connectivity index (χ0n) is 7.02. The molecule has 2 nitrogen and oxygen atoms in total. The summed E-state index contributed by atoms with van der Waals surface area (Å²) >= 11 is 0. The number of hydrogen-bond donors (Lipinski definition) is 0. The minimum Gasteiger partial charge on any atom is -0.313 e. The van der Waals surface area contributed by atoms with E-state index >= 15 is 0 Å². The van der Waals surface area contributed by atoms with Crippen LogP contribution in [0, 0.1) is 0 Å². The van der Waals surface area contributed by atoms with Crippen molar-refractivity contribution in [1.82, 2.24) is 9.80 Å². The largest absolute Gasteiger partial charge is 0.313 e. The van der Waals surface area contributed by atoms with Crippen molar-refractivity contribution in [2.75, 3.05) is 40.5 Å². The molecule has 0 aliphatic carbocycles. The SMILES string of the molecule is CN(C)C[SiH2]CN(C)C. The maximum atomic E-state index is 2.27. The van der Waals surface area contributed by atoms with Crippen LogP contribution in [0.15, 0.2) is 0 Å². The van der Waals surface area contributed by atoms with Crippen molar-refractivity contribution < 1.29 is 0 Å². The molecule has 0 saturated heterocycles. The van der Waals surface area contributed by atoms with Crippen molar-refractivity contribution in [2.24, 2.45) is 0 Å². The average Bonchev–Trinajstić information content (AvgIpc) is 1.63. The van der Waals surface area contributed by atoms with Crippen LogP contribution in [0.2, 0.25) is 0 Å². The highest BCUT2D eigenvalue weighted by Gasteiger charge is 1.91. The van der Waals surface area contributed by atoms with Gasteiger partial charge in [0.15, 0.2) is 0 Å². The van der Waals surface area contributed by atoms with E-state index in [9.17, 15) is 0 Å². The van der Waals surface area contributed by atoms with Gasteiger partial charge in [0.05, 0.1) is 9.52 Å². The van der Waals surface area contributed by atoms with Crippen molar-refractivity contribution >= 4 is 9.52 Å². The fourth-order valence-corrected chi connectivity index (χ4v) is 2.11. The maximum Gasteiger partial charge on any atom is 0.0532 e. The molecule has 0 heterocycles. The summed E-state index contributed by atoms with van der Waals surface area (Å²) in [5.41, 5.74) is 0. The molecule has 0 aliphatic rings. The van der Waals surface area contributed by atoms with Gasteiger partial charge < -0.3 is 9.80 Å². The van der Waals surface area contributed by atoms with Crippen molar-refractivity contribution in [3.05, 3.63) is 0 Å². The van der Waals surface area contributed by atoms with Gasteiger partial charge in [0.2, 0.25) is 0 Å². The summed E-state index contributed by atoms with van der Waals surface area (Å²) in [5, 5.41) is 0. The van der Waals surface area contributed by atoms with Gasteiger partial charge in [0.25, 0.3) is 0 Å². The number of rotatable bonds is 4. The Bertz CT molecular complexity index is 56.1. The molecule has 0 aliphatic heterocycles. The molecule has 9 heavy (non-hydrogen) atoms. The third kappa shape index (κ3) is 8.14. The van der Waals surface area contributed by atoms with Crippen molar-refractivity contribution in [1.29, 1.82) is 0 Å². The van der Waals surface area contributed by atoms with Crippen LogP contribution in [-0.4, -0.2) is 59.8 Å². The molecule has 0 spiro atoms. The van der Waals surface area contributed by atoms with Crippen LogP contribution in [0.4, 0.5) is 0 Å². The van der Waals surface area contributed by atoms with E-state index in [1.165, 1.54) is 12.3 Å². The molecule has 0 saturated carbocycles. The Kier molecular flexibility index (Phi) is 5.04. The van der Waals surface area contributed by atoms with Gasteiger partial charge in [0, 0.05) is 0 Å². The second kappa shape index (κ2) is 4.96. The van der Waals surface area contributed by atoms with Crippen molar-refractivity contribution in [3.63, 3.8) is 0 Å². The van der Waals surface area contributed by atoms with Crippen LogP contribution in [0.3, 0.4) is 0 Å². The Labute approximate surface area is 60.7 Å². The van der Waals surface area contributed by atoms with Gasteiger partial charge in [-0.2, -0.15) is 0 Å². The first-order valence-electron chi connectivity index (χ1n) is 3.42. The predicted octanol–water partition coefficient (Wildman–Crippen LogP) is -0.807. The summed E-state index contributed by atoms with van der Waals surface area (Å²) in [5.74, 6) is 0. The molecule has 0 fully saturated rings. The minimum absolute atomic E-state index is 0.168. The lowest BCUT2D eigenvalue weighted by Gasteiger charge is -2.11. The fourth-order valence-electron chi connectivity index (χ4n) is 0.703. The van der Waals surface area contributed by atoms with Crippen LogP contribution in [0.5, 0.6) is 0 Å². The summed E-state index contributed by atoms with van der Waals surface area (Å²) in [4.78, 5) is 4.55. The molecule has 0 radical (unpaired) electrons. The highest BCUT2D eigenvalue weighted by Crippen LogP contribution is 1.74. The Morgan fingerprint density at radius 3 is 1.44 bits per heavy atom. The first-order chi connectivity index (χ1) is 4.13.